The van der Waals surface area contributed by atoms with E-state index in [1.165, 1.54) is 0 Å². The molecule has 0 atom stereocenters. The zero-order chi connectivity index (χ0) is 10.5. The number of alkyl halides is 3. The van der Waals surface area contributed by atoms with Crippen molar-refractivity contribution in [2.75, 3.05) is 12.3 Å². The molecule has 0 aromatic rings. The van der Waals surface area contributed by atoms with Crippen molar-refractivity contribution >= 4 is 17.6 Å². The number of hydrogen-bond donors (Lipinski definition) is 1. The van der Waals surface area contributed by atoms with Crippen molar-refractivity contribution in [3.63, 3.8) is 0 Å². The van der Waals surface area contributed by atoms with Crippen LogP contribution in [-0.2, 0) is 0 Å². The van der Waals surface area contributed by atoms with Crippen LogP contribution in [0.2, 0.25) is 0 Å². The van der Waals surface area contributed by atoms with Crippen molar-refractivity contribution in [3.8, 4) is 0 Å². The molecular weight excluding hydrogens is 201 g/mol. The zero-order valence-corrected chi connectivity index (χ0v) is 8.37. The smallest absolute Gasteiger partial charge is 0.387 e. The summed E-state index contributed by atoms with van der Waals surface area (Å²) in [5.41, 5.74) is 1.26. The van der Waals surface area contributed by atoms with Crippen LogP contribution in [0.1, 0.15) is 13.8 Å². The van der Waals surface area contributed by atoms with Gasteiger partial charge in [-0.15, -0.1) is 0 Å². The van der Waals surface area contributed by atoms with Crippen LogP contribution in [0.5, 0.6) is 0 Å². The number of nitrogens with two attached hydrogens (primary N) is 1. The Morgan fingerprint density at radius 3 is 2.38 bits per heavy atom. The average molecular weight is 214 g/mol. The molecule has 13 heavy (non-hydrogen) atoms. The highest BCUT2D eigenvalue weighted by atomic mass is 32.2. The first-order valence-corrected chi connectivity index (χ1v) is 4.82. The van der Waals surface area contributed by atoms with Gasteiger partial charge in [0.15, 0.2) is 0 Å². The highest BCUT2D eigenvalue weighted by Crippen LogP contribution is 2.29. The van der Waals surface area contributed by atoms with Gasteiger partial charge in [-0.1, -0.05) is 13.8 Å². The third kappa shape index (κ3) is 7.95. The van der Waals surface area contributed by atoms with Gasteiger partial charge < -0.3 is 5.73 Å². The summed E-state index contributed by atoms with van der Waals surface area (Å²) < 4.78 is 34.9. The summed E-state index contributed by atoms with van der Waals surface area (Å²) in [6.45, 7) is 3.81. The number of hydrogen-bond acceptors (Lipinski definition) is 2. The molecule has 0 aromatic heterocycles. The quantitative estimate of drug-likeness (QED) is 0.443. The number of amidine groups is 1. The molecule has 0 amide bonds. The maximum atomic E-state index is 11.6. The molecular formula is C7H13F3N2S. The molecule has 0 saturated carbocycles. The van der Waals surface area contributed by atoms with E-state index in [2.05, 4.69) is 4.99 Å². The first-order valence-electron chi connectivity index (χ1n) is 3.83. The fourth-order valence-electron chi connectivity index (χ4n) is 0.519. The van der Waals surface area contributed by atoms with Gasteiger partial charge in [0.2, 0.25) is 0 Å². The predicted octanol–water partition coefficient (Wildman–Crippen LogP) is 2.25. The van der Waals surface area contributed by atoms with Gasteiger partial charge in [0, 0.05) is 11.7 Å². The summed E-state index contributed by atoms with van der Waals surface area (Å²) >= 11 is -0.0754. The van der Waals surface area contributed by atoms with E-state index < -0.39 is 5.51 Å². The number of rotatable bonds is 4. The Morgan fingerprint density at radius 2 is 2.00 bits per heavy atom. The number of aliphatic imine (C=N–C) groups is 1. The molecule has 0 aromatic carbocycles. The molecule has 2 nitrogen and oxygen atoms in total. The second kappa shape index (κ2) is 5.36. The first-order chi connectivity index (χ1) is 5.83. The maximum Gasteiger partial charge on any atom is 0.441 e. The van der Waals surface area contributed by atoms with Crippen molar-refractivity contribution < 1.29 is 13.2 Å². The monoisotopic (exact) mass is 214 g/mol. The summed E-state index contributed by atoms with van der Waals surface area (Å²) in [6.07, 6.45) is 0. The van der Waals surface area contributed by atoms with E-state index in [1.807, 2.05) is 13.8 Å². The Balaban J connectivity index is 3.62. The second-order valence-electron chi connectivity index (χ2n) is 2.76. The van der Waals surface area contributed by atoms with Gasteiger partial charge in [-0.05, 0) is 11.8 Å². The van der Waals surface area contributed by atoms with E-state index in [-0.39, 0.29) is 30.0 Å². The van der Waals surface area contributed by atoms with Crippen LogP contribution in [0.4, 0.5) is 13.2 Å². The minimum atomic E-state index is -4.16. The molecule has 0 spiro atoms. The molecule has 0 heterocycles. The fourth-order valence-corrected chi connectivity index (χ4v) is 0.933. The molecule has 0 aliphatic rings. The molecule has 0 bridgehead atoms. The van der Waals surface area contributed by atoms with E-state index in [4.69, 9.17) is 5.73 Å². The lowest BCUT2D eigenvalue weighted by Gasteiger charge is -2.05. The maximum absolute atomic E-state index is 11.6. The van der Waals surface area contributed by atoms with Gasteiger partial charge in [-0.25, -0.2) is 0 Å². The molecule has 0 aliphatic carbocycles. The average Bonchev–Trinajstić information content (AvgIpc) is 1.95. The molecule has 0 radical (unpaired) electrons. The standard InChI is InChI=1S/C7H13F3N2S/c1-5(2)6(11)12-3-4-13-7(8,9)10/h5H,3-4H2,1-2H3,(H2,11,12). The minimum Gasteiger partial charge on any atom is -0.387 e. The summed E-state index contributed by atoms with van der Waals surface area (Å²) in [5, 5.41) is 0. The number of thioether (sulfide) groups is 1. The Bertz CT molecular complexity index is 177. The first kappa shape index (κ1) is 12.6. The summed E-state index contributed by atoms with van der Waals surface area (Å²) in [6, 6.07) is 0. The van der Waals surface area contributed by atoms with Gasteiger partial charge in [0.05, 0.1) is 12.4 Å². The lowest BCUT2D eigenvalue weighted by molar-refractivity contribution is -0.0327. The molecule has 0 unspecified atom stereocenters. The highest BCUT2D eigenvalue weighted by molar-refractivity contribution is 8.00. The van der Waals surface area contributed by atoms with Crippen LogP contribution >= 0.6 is 11.8 Å². The van der Waals surface area contributed by atoms with E-state index in [0.29, 0.717) is 5.84 Å². The van der Waals surface area contributed by atoms with E-state index in [0.717, 1.165) is 0 Å². The van der Waals surface area contributed by atoms with Gasteiger partial charge in [0.1, 0.15) is 0 Å². The van der Waals surface area contributed by atoms with Crippen LogP contribution in [0.15, 0.2) is 4.99 Å². The Labute approximate surface area is 79.8 Å². The van der Waals surface area contributed by atoms with Gasteiger partial charge in [-0.2, -0.15) is 13.2 Å². The molecule has 0 rings (SSSR count). The van der Waals surface area contributed by atoms with Crippen molar-refractivity contribution in [1.82, 2.24) is 0 Å². The third-order valence-corrected chi connectivity index (χ3v) is 1.96. The van der Waals surface area contributed by atoms with Gasteiger partial charge >= 0.3 is 5.51 Å². The van der Waals surface area contributed by atoms with Crippen molar-refractivity contribution in [1.29, 1.82) is 0 Å². The van der Waals surface area contributed by atoms with Crippen molar-refractivity contribution in [2.45, 2.75) is 19.4 Å². The molecule has 78 valence electrons. The lowest BCUT2D eigenvalue weighted by Crippen LogP contribution is -2.19. The number of halogens is 3. The summed E-state index contributed by atoms with van der Waals surface area (Å²) in [4.78, 5) is 3.80. The lowest BCUT2D eigenvalue weighted by atomic mass is 10.2. The largest absolute Gasteiger partial charge is 0.441 e. The Morgan fingerprint density at radius 1 is 1.46 bits per heavy atom. The van der Waals surface area contributed by atoms with Crippen LogP contribution in [0.25, 0.3) is 0 Å². The topological polar surface area (TPSA) is 38.4 Å². The van der Waals surface area contributed by atoms with E-state index in [9.17, 15) is 13.2 Å². The predicted molar refractivity (Wildman–Crippen MR) is 49.8 cm³/mol. The summed E-state index contributed by atoms with van der Waals surface area (Å²) in [7, 11) is 0. The Kier molecular flexibility index (Phi) is 5.20. The molecule has 0 fully saturated rings. The third-order valence-electron chi connectivity index (χ3n) is 1.24. The Hall–Kier alpha value is -0.390. The second-order valence-corrected chi connectivity index (χ2v) is 3.92. The van der Waals surface area contributed by atoms with Gasteiger partial charge in [-0.3, -0.25) is 4.99 Å². The SMILES string of the molecule is CC(C)C(N)=NCCSC(F)(F)F. The minimum absolute atomic E-state index is 0.0725. The van der Waals surface area contributed by atoms with Crippen LogP contribution in [0.3, 0.4) is 0 Å². The molecule has 0 aliphatic heterocycles. The van der Waals surface area contributed by atoms with Crippen LogP contribution in [-0.4, -0.2) is 23.6 Å². The fraction of sp³-hybridized carbons (Fsp3) is 0.857. The summed E-state index contributed by atoms with van der Waals surface area (Å²) in [5.74, 6) is 0.426. The normalized spacial score (nSPS) is 13.8. The molecule has 0 saturated heterocycles. The molecule has 2 N–H and O–H groups in total. The number of nitrogens with zero attached hydrogens (tertiary/aromatic N) is 1. The van der Waals surface area contributed by atoms with E-state index >= 15 is 0 Å². The van der Waals surface area contributed by atoms with Crippen molar-refractivity contribution in [3.05, 3.63) is 0 Å². The molecule has 6 heteroatoms. The highest BCUT2D eigenvalue weighted by Gasteiger charge is 2.27. The van der Waals surface area contributed by atoms with Crippen molar-refractivity contribution in [2.24, 2.45) is 16.6 Å². The van der Waals surface area contributed by atoms with E-state index in [1.54, 1.807) is 0 Å². The van der Waals surface area contributed by atoms with Gasteiger partial charge in [0.25, 0.3) is 0 Å². The van der Waals surface area contributed by atoms with Crippen LogP contribution < -0.4 is 5.73 Å². The zero-order valence-electron chi connectivity index (χ0n) is 7.56. The van der Waals surface area contributed by atoms with Crippen LogP contribution in [0, 0.1) is 5.92 Å².